The Bertz CT molecular complexity index is 744. The van der Waals surface area contributed by atoms with Crippen molar-refractivity contribution in [2.45, 2.75) is 12.7 Å². The second kappa shape index (κ2) is 7.67. The van der Waals surface area contributed by atoms with Gasteiger partial charge in [-0.05, 0) is 29.8 Å². The Morgan fingerprint density at radius 1 is 0.958 bits per heavy atom. The summed E-state index contributed by atoms with van der Waals surface area (Å²) in [6.07, 6.45) is -4.41. The van der Waals surface area contributed by atoms with Crippen molar-refractivity contribution in [3.63, 3.8) is 0 Å². The smallest absolute Gasteiger partial charge is 0.416 e. The van der Waals surface area contributed by atoms with Crippen LogP contribution < -0.4 is 9.46 Å². The Hall–Kier alpha value is -2.06. The van der Waals surface area contributed by atoms with E-state index in [0.717, 1.165) is 29.8 Å². The molecule has 0 amide bonds. The lowest BCUT2D eigenvalue weighted by atomic mass is 10.2. The molecule has 0 saturated carbocycles. The van der Waals surface area contributed by atoms with Crippen molar-refractivity contribution >= 4 is 10.0 Å². The van der Waals surface area contributed by atoms with E-state index in [-0.39, 0.29) is 24.7 Å². The molecule has 4 nitrogen and oxygen atoms in total. The molecule has 1 N–H and O–H groups in total. The van der Waals surface area contributed by atoms with E-state index in [2.05, 4.69) is 4.72 Å². The summed E-state index contributed by atoms with van der Waals surface area (Å²) in [6, 6.07) is 13.1. The molecule has 8 heteroatoms. The van der Waals surface area contributed by atoms with Crippen LogP contribution in [0.1, 0.15) is 11.1 Å². The van der Waals surface area contributed by atoms with Crippen LogP contribution in [0.5, 0.6) is 5.75 Å². The summed E-state index contributed by atoms with van der Waals surface area (Å²) in [4.78, 5) is 0. The average Bonchev–Trinajstić information content (AvgIpc) is 2.54. The molecule has 0 heterocycles. The second-order valence-electron chi connectivity index (χ2n) is 5.00. The van der Waals surface area contributed by atoms with Gasteiger partial charge in [0.25, 0.3) is 0 Å². The first-order valence-corrected chi connectivity index (χ1v) is 8.73. The molecule has 0 saturated heterocycles. The standard InChI is InChI=1S/C16H16F3NO3S/c17-16(18,19)14-6-8-15(9-7-14)23-10-11-24(21,22)20-12-13-4-2-1-3-5-13/h1-9,20H,10-12H2. The van der Waals surface area contributed by atoms with Crippen molar-refractivity contribution in [2.24, 2.45) is 0 Å². The molecule has 2 aromatic rings. The summed E-state index contributed by atoms with van der Waals surface area (Å²) in [6.45, 7) is 0.0128. The molecule has 2 rings (SSSR count). The van der Waals surface area contributed by atoms with Crippen molar-refractivity contribution in [1.82, 2.24) is 4.72 Å². The van der Waals surface area contributed by atoms with Gasteiger partial charge in [-0.1, -0.05) is 30.3 Å². The maximum atomic E-state index is 12.4. The van der Waals surface area contributed by atoms with Gasteiger partial charge in [-0.25, -0.2) is 13.1 Å². The lowest BCUT2D eigenvalue weighted by Crippen LogP contribution is -2.28. The normalized spacial score (nSPS) is 12.1. The molecule has 0 spiro atoms. The SMILES string of the molecule is O=S(=O)(CCOc1ccc(C(F)(F)F)cc1)NCc1ccccc1. The zero-order valence-electron chi connectivity index (χ0n) is 12.6. The van der Waals surface area contributed by atoms with Gasteiger partial charge in [0, 0.05) is 6.54 Å². The molecule has 0 aliphatic carbocycles. The molecule has 24 heavy (non-hydrogen) atoms. The van der Waals surface area contributed by atoms with Gasteiger partial charge in [-0.15, -0.1) is 0 Å². The molecule has 0 bridgehead atoms. The maximum Gasteiger partial charge on any atom is 0.416 e. The second-order valence-corrected chi connectivity index (χ2v) is 6.92. The van der Waals surface area contributed by atoms with Crippen LogP contribution in [0.3, 0.4) is 0 Å². The molecular formula is C16H16F3NO3S. The van der Waals surface area contributed by atoms with Gasteiger partial charge in [-0.3, -0.25) is 0 Å². The minimum atomic E-state index is -4.41. The van der Waals surface area contributed by atoms with E-state index in [0.29, 0.717) is 0 Å². The molecule has 130 valence electrons. The predicted molar refractivity (Wildman–Crippen MR) is 84.0 cm³/mol. The van der Waals surface area contributed by atoms with E-state index in [4.69, 9.17) is 4.74 Å². The summed E-state index contributed by atoms with van der Waals surface area (Å²) in [7, 11) is -3.54. The number of alkyl halides is 3. The van der Waals surface area contributed by atoms with Crippen LogP contribution in [0.4, 0.5) is 13.2 Å². The third-order valence-corrected chi connectivity index (χ3v) is 4.43. The third kappa shape index (κ3) is 5.86. The van der Waals surface area contributed by atoms with Crippen LogP contribution in [-0.2, 0) is 22.7 Å². The van der Waals surface area contributed by atoms with E-state index in [1.807, 2.05) is 6.07 Å². The van der Waals surface area contributed by atoms with Gasteiger partial charge in [0.05, 0.1) is 11.3 Å². The highest BCUT2D eigenvalue weighted by molar-refractivity contribution is 7.89. The minimum Gasteiger partial charge on any atom is -0.492 e. The monoisotopic (exact) mass is 359 g/mol. The van der Waals surface area contributed by atoms with E-state index < -0.39 is 21.8 Å². The van der Waals surface area contributed by atoms with E-state index in [1.54, 1.807) is 24.3 Å². The molecule has 0 radical (unpaired) electrons. The molecule has 0 aromatic heterocycles. The Morgan fingerprint density at radius 2 is 1.58 bits per heavy atom. The van der Waals surface area contributed by atoms with Crippen molar-refractivity contribution in [1.29, 1.82) is 0 Å². The zero-order chi connectivity index (χ0) is 17.6. The highest BCUT2D eigenvalue weighted by Crippen LogP contribution is 2.30. The Kier molecular flexibility index (Phi) is 5.84. The molecule has 0 atom stereocenters. The predicted octanol–water partition coefficient (Wildman–Crippen LogP) is 3.20. The molecular weight excluding hydrogens is 343 g/mol. The van der Waals surface area contributed by atoms with Crippen LogP contribution in [0.15, 0.2) is 54.6 Å². The van der Waals surface area contributed by atoms with Gasteiger partial charge in [0.1, 0.15) is 12.4 Å². The van der Waals surface area contributed by atoms with E-state index in [1.165, 1.54) is 0 Å². The first-order chi connectivity index (χ1) is 11.3. The van der Waals surface area contributed by atoms with Crippen LogP contribution in [-0.4, -0.2) is 20.8 Å². The number of rotatable bonds is 7. The number of ether oxygens (including phenoxy) is 1. The van der Waals surface area contributed by atoms with Crippen molar-refractivity contribution in [3.8, 4) is 5.75 Å². The van der Waals surface area contributed by atoms with Crippen molar-refractivity contribution in [2.75, 3.05) is 12.4 Å². The van der Waals surface area contributed by atoms with Crippen LogP contribution in [0, 0.1) is 0 Å². The number of sulfonamides is 1. The lowest BCUT2D eigenvalue weighted by molar-refractivity contribution is -0.137. The largest absolute Gasteiger partial charge is 0.492 e. The van der Waals surface area contributed by atoms with Crippen LogP contribution in [0.2, 0.25) is 0 Å². The minimum absolute atomic E-state index is 0.157. The number of halogens is 3. The van der Waals surface area contributed by atoms with Gasteiger partial charge < -0.3 is 4.74 Å². The number of benzene rings is 2. The quantitative estimate of drug-likeness (QED) is 0.826. The van der Waals surface area contributed by atoms with Gasteiger partial charge in [0.2, 0.25) is 10.0 Å². The Labute approximate surface area is 138 Å². The van der Waals surface area contributed by atoms with Crippen molar-refractivity contribution < 1.29 is 26.3 Å². The summed E-state index contributed by atoms with van der Waals surface area (Å²) in [5, 5.41) is 0. The van der Waals surface area contributed by atoms with Gasteiger partial charge >= 0.3 is 6.18 Å². The fourth-order valence-electron chi connectivity index (χ4n) is 1.87. The number of hydrogen-bond donors (Lipinski definition) is 1. The molecule has 0 unspecified atom stereocenters. The summed E-state index contributed by atoms with van der Waals surface area (Å²) in [5.74, 6) is -0.109. The average molecular weight is 359 g/mol. The number of nitrogens with one attached hydrogen (secondary N) is 1. The summed E-state index contributed by atoms with van der Waals surface area (Å²) < 4.78 is 68.6. The third-order valence-electron chi connectivity index (χ3n) is 3.14. The zero-order valence-corrected chi connectivity index (χ0v) is 13.4. The topological polar surface area (TPSA) is 55.4 Å². The first-order valence-electron chi connectivity index (χ1n) is 7.08. The molecule has 0 aliphatic rings. The van der Waals surface area contributed by atoms with E-state index >= 15 is 0 Å². The van der Waals surface area contributed by atoms with Crippen molar-refractivity contribution in [3.05, 3.63) is 65.7 Å². The van der Waals surface area contributed by atoms with Crippen LogP contribution >= 0.6 is 0 Å². The highest BCUT2D eigenvalue weighted by Gasteiger charge is 2.30. The maximum absolute atomic E-state index is 12.4. The lowest BCUT2D eigenvalue weighted by Gasteiger charge is -2.10. The fraction of sp³-hybridized carbons (Fsp3) is 0.250. The highest BCUT2D eigenvalue weighted by atomic mass is 32.2. The molecule has 0 aliphatic heterocycles. The Balaban J connectivity index is 1.80. The summed E-state index contributed by atoms with van der Waals surface area (Å²) >= 11 is 0. The molecule has 2 aromatic carbocycles. The number of hydrogen-bond acceptors (Lipinski definition) is 3. The fourth-order valence-corrected chi connectivity index (χ4v) is 2.70. The van der Waals surface area contributed by atoms with E-state index in [9.17, 15) is 21.6 Å². The first kappa shape index (κ1) is 18.3. The van der Waals surface area contributed by atoms with Gasteiger partial charge in [0.15, 0.2) is 0 Å². The van der Waals surface area contributed by atoms with Gasteiger partial charge in [-0.2, -0.15) is 13.2 Å². The van der Waals surface area contributed by atoms with Crippen LogP contribution in [0.25, 0.3) is 0 Å². The summed E-state index contributed by atoms with van der Waals surface area (Å²) in [5.41, 5.74) is 0.0386. The molecule has 0 fully saturated rings. The Morgan fingerprint density at radius 3 is 2.17 bits per heavy atom.